The van der Waals surface area contributed by atoms with Gasteiger partial charge in [-0.1, -0.05) is 43.5 Å². The number of pyridine rings is 1. The smallest absolute Gasteiger partial charge is 0.287 e. The van der Waals surface area contributed by atoms with Gasteiger partial charge in [0.25, 0.3) is 11.8 Å². The van der Waals surface area contributed by atoms with Crippen molar-refractivity contribution in [3.05, 3.63) is 83.5 Å². The second-order valence-corrected chi connectivity index (χ2v) is 10.0. The van der Waals surface area contributed by atoms with E-state index in [1.807, 2.05) is 53.8 Å². The molecular formula is C30H33N5O4. The van der Waals surface area contributed by atoms with Crippen molar-refractivity contribution in [1.29, 1.82) is 0 Å². The molecule has 4 aromatic rings. The predicted molar refractivity (Wildman–Crippen MR) is 147 cm³/mol. The first-order valence-electron chi connectivity index (χ1n) is 13.4. The molecule has 0 bridgehead atoms. The van der Waals surface area contributed by atoms with Gasteiger partial charge in [-0.05, 0) is 61.6 Å². The average Bonchev–Trinajstić information content (AvgIpc) is 3.64. The van der Waals surface area contributed by atoms with Gasteiger partial charge in [-0.25, -0.2) is 4.98 Å². The van der Waals surface area contributed by atoms with Crippen molar-refractivity contribution in [3.63, 3.8) is 0 Å². The summed E-state index contributed by atoms with van der Waals surface area (Å²) in [6, 6.07) is 16.1. The van der Waals surface area contributed by atoms with Gasteiger partial charge in [-0.3, -0.25) is 14.4 Å². The Morgan fingerprint density at radius 1 is 1.03 bits per heavy atom. The molecule has 3 N–H and O–H groups in total. The van der Waals surface area contributed by atoms with E-state index in [1.165, 1.54) is 0 Å². The summed E-state index contributed by atoms with van der Waals surface area (Å²) in [6.07, 6.45) is 6.86. The van der Waals surface area contributed by atoms with Crippen LogP contribution in [0.25, 0.3) is 17.0 Å². The van der Waals surface area contributed by atoms with Crippen molar-refractivity contribution >= 4 is 23.4 Å². The van der Waals surface area contributed by atoms with Crippen molar-refractivity contribution in [2.45, 2.75) is 51.6 Å². The zero-order chi connectivity index (χ0) is 27.4. The lowest BCUT2D eigenvalue weighted by Gasteiger charge is -2.29. The number of hydrogen-bond acceptors (Lipinski definition) is 5. The van der Waals surface area contributed by atoms with E-state index in [-0.39, 0.29) is 23.5 Å². The highest BCUT2D eigenvalue weighted by atomic mass is 16.4. The van der Waals surface area contributed by atoms with E-state index in [0.717, 1.165) is 54.6 Å². The lowest BCUT2D eigenvalue weighted by molar-refractivity contribution is -0.124. The maximum Gasteiger partial charge on any atom is 0.287 e. The molecule has 3 amide bonds. The Hall–Kier alpha value is -4.40. The molecule has 9 heteroatoms. The molecule has 0 radical (unpaired) electrons. The summed E-state index contributed by atoms with van der Waals surface area (Å²) in [7, 11) is 1.59. The van der Waals surface area contributed by atoms with Gasteiger partial charge in [0, 0.05) is 31.0 Å². The van der Waals surface area contributed by atoms with Crippen molar-refractivity contribution in [2.75, 3.05) is 7.05 Å². The third kappa shape index (κ3) is 5.87. The number of carbonyl (C=O) groups is 3. The molecule has 0 spiro atoms. The number of amides is 3. The minimum Gasteiger partial charge on any atom is -0.451 e. The number of aryl methyl sites for hydroxylation is 1. The monoisotopic (exact) mass is 527 g/mol. The molecule has 3 aromatic heterocycles. The average molecular weight is 528 g/mol. The molecule has 1 aliphatic rings. The first-order valence-corrected chi connectivity index (χ1v) is 13.4. The maximum absolute atomic E-state index is 13.0. The van der Waals surface area contributed by atoms with Crippen LogP contribution in [0, 0.1) is 12.8 Å². The Balaban J connectivity index is 1.24. The van der Waals surface area contributed by atoms with E-state index in [9.17, 15) is 14.4 Å². The molecule has 0 aliphatic heterocycles. The molecule has 1 atom stereocenters. The number of carbonyl (C=O) groups excluding carboxylic acids is 3. The van der Waals surface area contributed by atoms with E-state index in [1.54, 1.807) is 25.4 Å². The van der Waals surface area contributed by atoms with Gasteiger partial charge in [0.2, 0.25) is 5.91 Å². The second kappa shape index (κ2) is 11.6. The lowest BCUT2D eigenvalue weighted by atomic mass is 9.83. The van der Waals surface area contributed by atoms with Crippen LogP contribution >= 0.6 is 0 Å². The standard InChI is InChI=1S/C30H33N5O4/c1-19-8-6-13-26-33-23(18-35(19)26)28(36)32-17-20-9-7-12-22(16-20)24-14-15-25(39-24)29(37)34-27(30(38)31-2)21-10-4-3-5-11-21/h6-9,12-16,18,21,27H,3-5,10-11,17H2,1-2H3,(H,31,38)(H,32,36)(H,34,37)/t27-/m0/s1. The van der Waals surface area contributed by atoms with Gasteiger partial charge in [-0.2, -0.15) is 0 Å². The predicted octanol–water partition coefficient (Wildman–Crippen LogP) is 4.26. The zero-order valence-electron chi connectivity index (χ0n) is 22.2. The van der Waals surface area contributed by atoms with E-state index in [0.29, 0.717) is 18.0 Å². The number of nitrogens with one attached hydrogen (secondary N) is 3. The van der Waals surface area contributed by atoms with Gasteiger partial charge in [0.05, 0.1) is 0 Å². The molecule has 1 fully saturated rings. The van der Waals surface area contributed by atoms with Crippen LogP contribution in [0.5, 0.6) is 0 Å². The van der Waals surface area contributed by atoms with Crippen LogP contribution in [0.3, 0.4) is 0 Å². The third-order valence-corrected chi connectivity index (χ3v) is 7.36. The summed E-state index contributed by atoms with van der Waals surface area (Å²) in [5, 5.41) is 8.49. The first-order chi connectivity index (χ1) is 18.9. The molecular weight excluding hydrogens is 494 g/mol. The van der Waals surface area contributed by atoms with Crippen LogP contribution < -0.4 is 16.0 Å². The topological polar surface area (TPSA) is 118 Å². The molecule has 202 valence electrons. The van der Waals surface area contributed by atoms with Gasteiger partial charge < -0.3 is 24.8 Å². The van der Waals surface area contributed by atoms with E-state index in [2.05, 4.69) is 20.9 Å². The van der Waals surface area contributed by atoms with Crippen LogP contribution in [0.1, 0.15) is 64.4 Å². The van der Waals surface area contributed by atoms with Crippen LogP contribution in [-0.2, 0) is 11.3 Å². The van der Waals surface area contributed by atoms with Crippen LogP contribution in [0.4, 0.5) is 0 Å². The number of aromatic nitrogens is 2. The summed E-state index contributed by atoms with van der Waals surface area (Å²) in [5.41, 5.74) is 3.72. The Kier molecular flexibility index (Phi) is 7.76. The molecule has 0 saturated heterocycles. The first kappa shape index (κ1) is 26.2. The highest BCUT2D eigenvalue weighted by Gasteiger charge is 2.31. The summed E-state index contributed by atoms with van der Waals surface area (Å²) in [6.45, 7) is 2.27. The van der Waals surface area contributed by atoms with E-state index < -0.39 is 11.9 Å². The third-order valence-electron chi connectivity index (χ3n) is 7.36. The van der Waals surface area contributed by atoms with Crippen LogP contribution in [0.2, 0.25) is 0 Å². The van der Waals surface area contributed by atoms with Gasteiger partial charge in [-0.15, -0.1) is 0 Å². The summed E-state index contributed by atoms with van der Waals surface area (Å²) in [5.74, 6) is -0.0615. The largest absolute Gasteiger partial charge is 0.451 e. The SMILES string of the molecule is CNC(=O)[C@@H](NC(=O)c1ccc(-c2cccc(CNC(=O)c3cn4c(C)cccc4n3)c2)o1)C1CCCCC1. The number of benzene rings is 1. The van der Waals surface area contributed by atoms with Crippen LogP contribution in [-0.4, -0.2) is 40.2 Å². The number of fused-ring (bicyclic) bond motifs is 1. The fraction of sp³-hybridized carbons (Fsp3) is 0.333. The van der Waals surface area contributed by atoms with Gasteiger partial charge in [0.1, 0.15) is 23.1 Å². The molecule has 3 heterocycles. The summed E-state index contributed by atoms with van der Waals surface area (Å²) < 4.78 is 7.77. The number of nitrogens with zero attached hydrogens (tertiary/aromatic N) is 2. The highest BCUT2D eigenvalue weighted by Crippen LogP contribution is 2.28. The zero-order valence-corrected chi connectivity index (χ0v) is 22.2. The van der Waals surface area contributed by atoms with Crippen molar-refractivity contribution in [3.8, 4) is 11.3 Å². The van der Waals surface area contributed by atoms with Crippen molar-refractivity contribution in [1.82, 2.24) is 25.3 Å². The second-order valence-electron chi connectivity index (χ2n) is 10.0. The Bertz CT molecular complexity index is 1500. The lowest BCUT2D eigenvalue weighted by Crippen LogP contribution is -2.50. The molecule has 1 saturated carbocycles. The molecule has 0 unspecified atom stereocenters. The Labute approximate surface area is 227 Å². The number of rotatable bonds is 8. The van der Waals surface area contributed by atoms with Crippen molar-refractivity contribution in [2.24, 2.45) is 5.92 Å². The fourth-order valence-corrected chi connectivity index (χ4v) is 5.21. The molecule has 1 aromatic carbocycles. The van der Waals surface area contributed by atoms with Gasteiger partial charge >= 0.3 is 0 Å². The van der Waals surface area contributed by atoms with E-state index >= 15 is 0 Å². The number of hydrogen-bond donors (Lipinski definition) is 3. The molecule has 1 aliphatic carbocycles. The quantitative estimate of drug-likeness (QED) is 0.317. The number of furan rings is 1. The van der Waals surface area contributed by atoms with Gasteiger partial charge in [0.15, 0.2) is 5.76 Å². The minimum atomic E-state index is -0.583. The highest BCUT2D eigenvalue weighted by molar-refractivity contribution is 5.96. The Morgan fingerprint density at radius 2 is 1.82 bits per heavy atom. The van der Waals surface area contributed by atoms with E-state index in [4.69, 9.17) is 4.42 Å². The fourth-order valence-electron chi connectivity index (χ4n) is 5.21. The normalized spacial score (nSPS) is 14.6. The molecule has 9 nitrogen and oxygen atoms in total. The molecule has 5 rings (SSSR count). The molecule has 39 heavy (non-hydrogen) atoms. The summed E-state index contributed by atoms with van der Waals surface area (Å²) in [4.78, 5) is 42.6. The number of imidazole rings is 1. The summed E-state index contributed by atoms with van der Waals surface area (Å²) >= 11 is 0. The number of likely N-dealkylation sites (N-methyl/N-ethyl adjacent to an activating group) is 1. The van der Waals surface area contributed by atoms with Crippen molar-refractivity contribution < 1.29 is 18.8 Å². The van der Waals surface area contributed by atoms with Crippen LogP contribution in [0.15, 0.2) is 65.2 Å². The minimum absolute atomic E-state index is 0.119. The maximum atomic E-state index is 13.0. The Morgan fingerprint density at radius 3 is 2.59 bits per heavy atom.